The van der Waals surface area contributed by atoms with Crippen molar-refractivity contribution in [3.8, 4) is 0 Å². The molecule has 36 heavy (non-hydrogen) atoms. The zero-order chi connectivity index (χ0) is 27.2. The average molecular weight is 527 g/mol. The first-order valence-corrected chi connectivity index (χ1v) is 18.2. The second kappa shape index (κ2) is 12.4. The summed E-state index contributed by atoms with van der Waals surface area (Å²) >= 11 is 0. The van der Waals surface area contributed by atoms with Crippen LogP contribution in [0.4, 0.5) is 0 Å². The minimum absolute atomic E-state index is 0.0630. The average Bonchev–Trinajstić information content (AvgIpc) is 2.81. The van der Waals surface area contributed by atoms with Gasteiger partial charge >= 0.3 is 0 Å². The summed E-state index contributed by atoms with van der Waals surface area (Å²) in [7, 11) is -4.62. The van der Waals surface area contributed by atoms with Gasteiger partial charge < -0.3 is 14.0 Å². The first-order valence-electron chi connectivity index (χ1n) is 13.4. The van der Waals surface area contributed by atoms with E-state index in [0.717, 1.165) is 0 Å². The summed E-state index contributed by atoms with van der Waals surface area (Å²) in [6.45, 7) is 23.4. The van der Waals surface area contributed by atoms with Crippen LogP contribution in [0.25, 0.3) is 0 Å². The fourth-order valence-electron chi connectivity index (χ4n) is 4.34. The SMILES string of the molecule is C[C@H](/C=C\[C@H](O[Si](C)(C)C(C)(C)C)[C@@H](C)CO[Si](c1ccccc1)(c1ccccc1)C(C)(C)C)CO. The quantitative estimate of drug-likeness (QED) is 0.259. The van der Waals surface area contributed by atoms with Crippen LogP contribution < -0.4 is 10.4 Å². The molecule has 5 heteroatoms. The summed E-state index contributed by atoms with van der Waals surface area (Å²) in [5.41, 5.74) is 0. The van der Waals surface area contributed by atoms with E-state index in [1.165, 1.54) is 10.4 Å². The lowest BCUT2D eigenvalue weighted by molar-refractivity contribution is 0.122. The molecule has 1 N–H and O–H groups in total. The maximum absolute atomic E-state index is 9.60. The molecule has 0 bridgehead atoms. The minimum Gasteiger partial charge on any atom is -0.410 e. The zero-order valence-corrected chi connectivity index (χ0v) is 26.3. The van der Waals surface area contributed by atoms with E-state index in [0.29, 0.717) is 6.61 Å². The van der Waals surface area contributed by atoms with E-state index in [1.54, 1.807) is 0 Å². The lowest BCUT2D eigenvalue weighted by atomic mass is 10.0. The molecule has 3 atom stereocenters. The number of hydrogen-bond acceptors (Lipinski definition) is 3. The third-order valence-electron chi connectivity index (χ3n) is 7.69. The molecule has 0 radical (unpaired) electrons. The van der Waals surface area contributed by atoms with Gasteiger partial charge in [0.1, 0.15) is 0 Å². The number of benzene rings is 2. The van der Waals surface area contributed by atoms with Crippen LogP contribution in [0.2, 0.25) is 23.2 Å². The highest BCUT2D eigenvalue weighted by molar-refractivity contribution is 6.99. The molecule has 0 saturated heterocycles. The maximum Gasteiger partial charge on any atom is 0.261 e. The molecule has 0 amide bonds. The van der Waals surface area contributed by atoms with E-state index in [2.05, 4.69) is 134 Å². The third kappa shape index (κ3) is 7.29. The Morgan fingerprint density at radius 3 is 1.64 bits per heavy atom. The zero-order valence-electron chi connectivity index (χ0n) is 24.3. The monoisotopic (exact) mass is 526 g/mol. The molecule has 0 unspecified atom stereocenters. The molecule has 0 saturated carbocycles. The van der Waals surface area contributed by atoms with Crippen LogP contribution in [0.1, 0.15) is 55.4 Å². The van der Waals surface area contributed by atoms with Crippen molar-refractivity contribution in [1.82, 2.24) is 0 Å². The maximum atomic E-state index is 9.60. The first-order chi connectivity index (χ1) is 16.7. The fraction of sp³-hybridized carbons (Fsp3) is 0.548. The van der Waals surface area contributed by atoms with E-state index in [-0.39, 0.29) is 34.6 Å². The predicted octanol–water partition coefficient (Wildman–Crippen LogP) is 6.77. The Balaban J connectivity index is 2.48. The summed E-state index contributed by atoms with van der Waals surface area (Å²) in [4.78, 5) is 0. The van der Waals surface area contributed by atoms with Crippen molar-refractivity contribution in [2.45, 2.75) is 84.7 Å². The van der Waals surface area contributed by atoms with Gasteiger partial charge in [0.15, 0.2) is 8.32 Å². The molecule has 0 aliphatic carbocycles. The summed E-state index contributed by atoms with van der Waals surface area (Å²) in [6, 6.07) is 21.6. The first kappa shape index (κ1) is 30.7. The van der Waals surface area contributed by atoms with Gasteiger partial charge in [-0.05, 0) is 39.5 Å². The molecular weight excluding hydrogens is 477 g/mol. The Morgan fingerprint density at radius 2 is 1.25 bits per heavy atom. The lowest BCUT2D eigenvalue weighted by Crippen LogP contribution is -2.67. The van der Waals surface area contributed by atoms with E-state index in [1.807, 2.05) is 6.92 Å². The van der Waals surface area contributed by atoms with Crippen LogP contribution in [-0.2, 0) is 8.85 Å². The van der Waals surface area contributed by atoms with Gasteiger partial charge in [-0.3, -0.25) is 0 Å². The smallest absolute Gasteiger partial charge is 0.261 e. The van der Waals surface area contributed by atoms with Crippen molar-refractivity contribution >= 4 is 27.0 Å². The standard InChI is InChI=1S/C31H50O3Si2/c1-25(23-32)21-22-29(34-35(9,10)30(3,4)5)26(2)24-33-36(31(6,7)8,27-17-13-11-14-18-27)28-19-15-12-16-20-28/h11-22,25-26,29,32H,23-24H2,1-10H3/b22-21-/t25-,26+,29+/m1/s1. The summed E-state index contributed by atoms with van der Waals surface area (Å²) in [5, 5.41) is 12.2. The van der Waals surface area contributed by atoms with Crippen molar-refractivity contribution in [2.75, 3.05) is 13.2 Å². The van der Waals surface area contributed by atoms with Crippen LogP contribution in [0, 0.1) is 11.8 Å². The molecule has 2 rings (SSSR count). The Hall–Kier alpha value is -1.51. The van der Waals surface area contributed by atoms with Gasteiger partial charge in [-0.15, -0.1) is 0 Å². The molecule has 0 spiro atoms. The van der Waals surface area contributed by atoms with Crippen LogP contribution in [0.3, 0.4) is 0 Å². The Labute approximate surface area is 223 Å². The normalized spacial score (nSPS) is 16.2. The molecule has 0 heterocycles. The predicted molar refractivity (Wildman–Crippen MR) is 160 cm³/mol. The molecule has 200 valence electrons. The van der Waals surface area contributed by atoms with Gasteiger partial charge in [0, 0.05) is 19.1 Å². The molecule has 3 nitrogen and oxygen atoms in total. The fourth-order valence-corrected chi connectivity index (χ4v) is 10.3. The van der Waals surface area contributed by atoms with E-state index >= 15 is 0 Å². The van der Waals surface area contributed by atoms with Crippen molar-refractivity contribution < 1.29 is 14.0 Å². The van der Waals surface area contributed by atoms with E-state index < -0.39 is 16.6 Å². The van der Waals surface area contributed by atoms with Gasteiger partial charge in [0.05, 0.1) is 6.10 Å². The summed E-state index contributed by atoms with van der Waals surface area (Å²) in [5.74, 6) is 0.253. The Morgan fingerprint density at radius 1 is 0.778 bits per heavy atom. The summed E-state index contributed by atoms with van der Waals surface area (Å²) in [6.07, 6.45) is 4.19. The molecule has 2 aromatic carbocycles. The van der Waals surface area contributed by atoms with Gasteiger partial charge in [0.2, 0.25) is 0 Å². The van der Waals surface area contributed by atoms with Crippen LogP contribution >= 0.6 is 0 Å². The second-order valence-electron chi connectivity index (χ2n) is 12.8. The van der Waals surface area contributed by atoms with Gasteiger partial charge in [0.25, 0.3) is 8.32 Å². The van der Waals surface area contributed by atoms with Crippen molar-refractivity contribution in [2.24, 2.45) is 11.8 Å². The third-order valence-corrected chi connectivity index (χ3v) is 17.2. The highest BCUT2D eigenvalue weighted by atomic mass is 28.4. The van der Waals surface area contributed by atoms with Gasteiger partial charge in [-0.2, -0.15) is 0 Å². The molecule has 0 aromatic heterocycles. The number of aliphatic hydroxyl groups excluding tert-OH is 1. The van der Waals surface area contributed by atoms with Crippen LogP contribution in [0.5, 0.6) is 0 Å². The van der Waals surface area contributed by atoms with Crippen molar-refractivity contribution in [1.29, 1.82) is 0 Å². The van der Waals surface area contributed by atoms with E-state index in [4.69, 9.17) is 8.85 Å². The van der Waals surface area contributed by atoms with Crippen LogP contribution in [0.15, 0.2) is 72.8 Å². The second-order valence-corrected chi connectivity index (χ2v) is 21.9. The Bertz CT molecular complexity index is 904. The minimum atomic E-state index is -2.61. The summed E-state index contributed by atoms with van der Waals surface area (Å²) < 4.78 is 14.2. The lowest BCUT2D eigenvalue weighted by Gasteiger charge is -2.44. The largest absolute Gasteiger partial charge is 0.410 e. The number of rotatable bonds is 11. The molecule has 0 fully saturated rings. The Kier molecular flexibility index (Phi) is 10.5. The molecule has 0 aliphatic heterocycles. The van der Waals surface area contributed by atoms with Crippen LogP contribution in [-0.4, -0.2) is 41.1 Å². The van der Waals surface area contributed by atoms with Gasteiger partial charge in [-0.1, -0.05) is 128 Å². The topological polar surface area (TPSA) is 38.7 Å². The number of aliphatic hydroxyl groups is 1. The molecule has 0 aliphatic rings. The van der Waals surface area contributed by atoms with Crippen molar-refractivity contribution in [3.63, 3.8) is 0 Å². The highest BCUT2D eigenvalue weighted by Crippen LogP contribution is 2.40. The van der Waals surface area contributed by atoms with Crippen molar-refractivity contribution in [3.05, 3.63) is 72.8 Å². The van der Waals surface area contributed by atoms with Gasteiger partial charge in [-0.25, -0.2) is 0 Å². The highest BCUT2D eigenvalue weighted by Gasteiger charge is 2.50. The molecule has 2 aromatic rings. The number of hydrogen-bond donors (Lipinski definition) is 1. The van der Waals surface area contributed by atoms with E-state index in [9.17, 15) is 5.11 Å². The molecular formula is C31H50O3Si2.